The van der Waals surface area contributed by atoms with Crippen molar-refractivity contribution in [3.8, 4) is 0 Å². The second-order valence-corrected chi connectivity index (χ2v) is 9.59. The largest absolute Gasteiger partial charge is 0.365 e. The first-order chi connectivity index (χ1) is 14.1. The zero-order valence-corrected chi connectivity index (χ0v) is 17.9. The molecule has 2 unspecified atom stereocenters. The average molecular weight is 402 g/mol. The van der Waals surface area contributed by atoms with Crippen molar-refractivity contribution < 1.29 is 13.9 Å². The molecule has 2 saturated heterocycles. The van der Waals surface area contributed by atoms with E-state index in [4.69, 9.17) is 4.74 Å². The fraction of sp³-hybridized carbons (Fsp3) is 0.720. The van der Waals surface area contributed by atoms with Gasteiger partial charge in [0.2, 0.25) is 0 Å². The first kappa shape index (κ1) is 21.0. The Kier molecular flexibility index (Phi) is 6.70. The van der Waals surface area contributed by atoms with E-state index < -0.39 is 5.60 Å². The quantitative estimate of drug-likeness (QED) is 0.682. The number of rotatable bonds is 5. The summed E-state index contributed by atoms with van der Waals surface area (Å²) in [5.41, 5.74) is 0.796. The molecule has 1 aromatic rings. The van der Waals surface area contributed by atoms with Crippen LogP contribution >= 0.6 is 0 Å². The van der Waals surface area contributed by atoms with Gasteiger partial charge < -0.3 is 4.74 Å². The van der Waals surface area contributed by atoms with Gasteiger partial charge in [-0.1, -0.05) is 25.0 Å². The molecule has 4 heteroatoms. The Balaban J connectivity index is 1.29. The summed E-state index contributed by atoms with van der Waals surface area (Å²) in [6, 6.07) is 7.51. The molecular formula is C25H36FNO2. The molecule has 160 valence electrons. The molecule has 3 atom stereocenters. The van der Waals surface area contributed by atoms with Crippen molar-refractivity contribution in [1.82, 2.24) is 4.90 Å². The molecule has 0 spiro atoms. The van der Waals surface area contributed by atoms with Crippen molar-refractivity contribution in [1.29, 1.82) is 0 Å². The summed E-state index contributed by atoms with van der Waals surface area (Å²) in [4.78, 5) is 14.9. The van der Waals surface area contributed by atoms with Crippen LogP contribution < -0.4 is 0 Å². The Bertz CT molecular complexity index is 677. The number of nitrogens with zero attached hydrogens (tertiary/aromatic N) is 1. The Morgan fingerprint density at radius 2 is 1.79 bits per heavy atom. The summed E-state index contributed by atoms with van der Waals surface area (Å²) in [6.07, 6.45) is 11.6. The maximum Gasteiger partial charge on any atom is 0.161 e. The molecular weight excluding hydrogens is 365 g/mol. The van der Waals surface area contributed by atoms with Gasteiger partial charge >= 0.3 is 0 Å². The van der Waals surface area contributed by atoms with Gasteiger partial charge in [-0.2, -0.15) is 0 Å². The molecule has 29 heavy (non-hydrogen) atoms. The molecule has 0 radical (unpaired) electrons. The number of ether oxygens (including phenoxy) is 1. The highest BCUT2D eigenvalue weighted by atomic mass is 19.1. The van der Waals surface area contributed by atoms with Gasteiger partial charge in [0, 0.05) is 6.04 Å². The van der Waals surface area contributed by atoms with Crippen LogP contribution in [0, 0.1) is 17.7 Å². The Morgan fingerprint density at radius 1 is 1.07 bits per heavy atom. The lowest BCUT2D eigenvalue weighted by molar-refractivity contribution is -0.160. The van der Waals surface area contributed by atoms with Gasteiger partial charge in [0.1, 0.15) is 11.4 Å². The van der Waals surface area contributed by atoms with Gasteiger partial charge in [-0.25, -0.2) is 4.39 Å². The summed E-state index contributed by atoms with van der Waals surface area (Å²) in [5.74, 6) is 1.27. The second-order valence-electron chi connectivity index (χ2n) is 9.59. The third-order valence-electron chi connectivity index (χ3n) is 7.53. The minimum atomic E-state index is -0.462. The zero-order chi connectivity index (χ0) is 20.3. The molecule has 0 bridgehead atoms. The van der Waals surface area contributed by atoms with E-state index in [2.05, 4.69) is 4.90 Å². The third kappa shape index (κ3) is 5.08. The molecule has 1 saturated carbocycles. The highest BCUT2D eigenvalue weighted by Crippen LogP contribution is 2.47. The van der Waals surface area contributed by atoms with Crippen LogP contribution in [0.15, 0.2) is 24.3 Å². The lowest BCUT2D eigenvalue weighted by atomic mass is 9.84. The van der Waals surface area contributed by atoms with E-state index in [-0.39, 0.29) is 11.6 Å². The topological polar surface area (TPSA) is 29.5 Å². The van der Waals surface area contributed by atoms with E-state index in [0.29, 0.717) is 17.9 Å². The summed E-state index contributed by atoms with van der Waals surface area (Å²) in [7, 11) is 0. The predicted octanol–water partition coefficient (Wildman–Crippen LogP) is 5.17. The highest BCUT2D eigenvalue weighted by molar-refractivity contribution is 5.86. The standard InChI is InChI=1S/C25H36FNO2/c1-19(28)25(22-9-10-22)14-13-24(18-29-25)27-15-3-2-5-20(6-4-16-27)17-21-7-11-23(26)12-8-21/h7-8,11-12,20,22,24H,2-6,9-10,13-18H2,1H3/t20?,24?,25-/m1/s1. The van der Waals surface area contributed by atoms with Gasteiger partial charge in [-0.15, -0.1) is 0 Å². The number of carbonyl (C=O) groups excluding carboxylic acids is 1. The molecule has 4 rings (SSSR count). The van der Waals surface area contributed by atoms with Gasteiger partial charge in [-0.05, 0) is 101 Å². The van der Waals surface area contributed by atoms with E-state index in [1.807, 2.05) is 12.1 Å². The fourth-order valence-electron chi connectivity index (χ4n) is 5.62. The van der Waals surface area contributed by atoms with E-state index in [1.165, 1.54) is 37.7 Å². The van der Waals surface area contributed by atoms with Crippen molar-refractivity contribution >= 4 is 5.78 Å². The smallest absolute Gasteiger partial charge is 0.161 e. The third-order valence-corrected chi connectivity index (χ3v) is 7.53. The van der Waals surface area contributed by atoms with Crippen LogP contribution in [0.5, 0.6) is 0 Å². The molecule has 3 fully saturated rings. The van der Waals surface area contributed by atoms with Crippen LogP contribution in [-0.4, -0.2) is 42.0 Å². The average Bonchev–Trinajstić information content (AvgIpc) is 3.55. The Morgan fingerprint density at radius 3 is 2.45 bits per heavy atom. The predicted molar refractivity (Wildman–Crippen MR) is 113 cm³/mol. The van der Waals surface area contributed by atoms with Crippen LogP contribution in [0.3, 0.4) is 0 Å². The second kappa shape index (κ2) is 9.26. The van der Waals surface area contributed by atoms with Crippen molar-refractivity contribution in [2.75, 3.05) is 19.7 Å². The normalized spacial score (nSPS) is 32.2. The van der Waals surface area contributed by atoms with Crippen molar-refractivity contribution in [2.45, 2.75) is 82.8 Å². The molecule has 2 heterocycles. The Labute approximate surface area is 175 Å². The van der Waals surface area contributed by atoms with Gasteiger partial charge in [-0.3, -0.25) is 9.69 Å². The van der Waals surface area contributed by atoms with Crippen LogP contribution in [0.2, 0.25) is 0 Å². The van der Waals surface area contributed by atoms with Gasteiger partial charge in [0.25, 0.3) is 0 Å². The highest BCUT2D eigenvalue weighted by Gasteiger charge is 2.52. The molecule has 0 N–H and O–H groups in total. The zero-order valence-electron chi connectivity index (χ0n) is 17.9. The number of hydrogen-bond donors (Lipinski definition) is 0. The summed E-state index contributed by atoms with van der Waals surface area (Å²) >= 11 is 0. The minimum Gasteiger partial charge on any atom is -0.365 e. The van der Waals surface area contributed by atoms with E-state index in [9.17, 15) is 9.18 Å². The maximum atomic E-state index is 13.2. The van der Waals surface area contributed by atoms with Crippen molar-refractivity contribution in [3.63, 3.8) is 0 Å². The van der Waals surface area contributed by atoms with Crippen molar-refractivity contribution in [2.24, 2.45) is 11.8 Å². The molecule has 0 aromatic heterocycles. The monoisotopic (exact) mass is 401 g/mol. The lowest BCUT2D eigenvalue weighted by Crippen LogP contribution is -2.53. The van der Waals surface area contributed by atoms with Gasteiger partial charge in [0.15, 0.2) is 5.78 Å². The Hall–Kier alpha value is -1.26. The van der Waals surface area contributed by atoms with Crippen LogP contribution in [0.1, 0.15) is 70.3 Å². The summed E-state index contributed by atoms with van der Waals surface area (Å²) < 4.78 is 19.5. The van der Waals surface area contributed by atoms with E-state index in [1.54, 1.807) is 19.1 Å². The number of ketones is 1. The van der Waals surface area contributed by atoms with Crippen LogP contribution in [0.25, 0.3) is 0 Å². The maximum absolute atomic E-state index is 13.2. The molecule has 3 aliphatic rings. The van der Waals surface area contributed by atoms with Crippen molar-refractivity contribution in [3.05, 3.63) is 35.6 Å². The molecule has 2 aliphatic heterocycles. The number of benzene rings is 1. The minimum absolute atomic E-state index is 0.149. The summed E-state index contributed by atoms with van der Waals surface area (Å²) in [6.45, 7) is 4.72. The first-order valence-corrected chi connectivity index (χ1v) is 11.7. The van der Waals surface area contributed by atoms with Crippen LogP contribution in [0.4, 0.5) is 4.39 Å². The van der Waals surface area contributed by atoms with Crippen LogP contribution in [-0.2, 0) is 16.0 Å². The molecule has 0 amide bonds. The fourth-order valence-corrected chi connectivity index (χ4v) is 5.62. The van der Waals surface area contributed by atoms with Gasteiger partial charge in [0.05, 0.1) is 6.61 Å². The lowest BCUT2D eigenvalue weighted by Gasteiger charge is -2.42. The SMILES string of the molecule is CC(=O)[C@@]1(C2CC2)CCC(N2CCCCC(Cc3ccc(F)cc3)CCC2)CO1. The molecule has 1 aliphatic carbocycles. The number of hydrogen-bond acceptors (Lipinski definition) is 3. The number of halogens is 1. The molecule has 1 aromatic carbocycles. The molecule has 3 nitrogen and oxygen atoms in total. The number of carbonyl (C=O) groups is 1. The van der Waals surface area contributed by atoms with E-state index in [0.717, 1.165) is 51.8 Å². The van der Waals surface area contributed by atoms with E-state index >= 15 is 0 Å². The first-order valence-electron chi connectivity index (χ1n) is 11.7. The summed E-state index contributed by atoms with van der Waals surface area (Å²) in [5, 5.41) is 0. The number of Topliss-reactive ketones (excluding diaryl/α,β-unsaturated/α-hetero) is 1.